The lowest BCUT2D eigenvalue weighted by Gasteiger charge is -2.09. The van der Waals surface area contributed by atoms with Crippen molar-refractivity contribution in [1.29, 1.82) is 0 Å². The number of pyridine rings is 2. The standard InChI is InChI=1S/C16H11BrN2O6/c1-24-15(22)8-5-11(21)12-7(18-8)3-6-10(20)4-9(16(23)25-2)19-14(6)13(12)17/h3-5H,1-2H3,(H,18,21)(H,19,20). The smallest absolute Gasteiger partial charge is 0.354 e. The zero-order valence-corrected chi connectivity index (χ0v) is 14.6. The number of aromatic amines is 2. The monoisotopic (exact) mass is 406 g/mol. The first-order chi connectivity index (χ1) is 11.9. The number of ether oxygens (including phenoxy) is 2. The molecule has 3 rings (SSSR count). The fraction of sp³-hybridized carbons (Fsp3) is 0.125. The Morgan fingerprint density at radius 1 is 0.920 bits per heavy atom. The third-order valence-electron chi connectivity index (χ3n) is 3.67. The number of H-pyrrole nitrogens is 2. The third kappa shape index (κ3) is 2.72. The van der Waals surface area contributed by atoms with Crippen molar-refractivity contribution in [2.45, 2.75) is 0 Å². The molecule has 0 atom stereocenters. The van der Waals surface area contributed by atoms with Gasteiger partial charge in [-0.2, -0.15) is 0 Å². The fourth-order valence-corrected chi connectivity index (χ4v) is 3.23. The van der Waals surface area contributed by atoms with Crippen LogP contribution in [0.2, 0.25) is 0 Å². The summed E-state index contributed by atoms with van der Waals surface area (Å²) in [5.41, 5.74) is -0.412. The maximum atomic E-state index is 12.4. The van der Waals surface area contributed by atoms with Crippen molar-refractivity contribution in [3.8, 4) is 0 Å². The van der Waals surface area contributed by atoms with Crippen molar-refractivity contribution in [2.75, 3.05) is 14.2 Å². The van der Waals surface area contributed by atoms with Gasteiger partial charge < -0.3 is 19.4 Å². The molecule has 25 heavy (non-hydrogen) atoms. The van der Waals surface area contributed by atoms with E-state index in [4.69, 9.17) is 0 Å². The summed E-state index contributed by atoms with van der Waals surface area (Å²) in [7, 11) is 2.39. The topological polar surface area (TPSA) is 118 Å². The Bertz CT molecular complexity index is 1160. The zero-order valence-electron chi connectivity index (χ0n) is 13.1. The zero-order chi connectivity index (χ0) is 18.3. The summed E-state index contributed by atoms with van der Waals surface area (Å²) in [6.45, 7) is 0. The quantitative estimate of drug-likeness (QED) is 0.493. The molecule has 2 heterocycles. The predicted molar refractivity (Wildman–Crippen MR) is 93.1 cm³/mol. The maximum absolute atomic E-state index is 12.4. The van der Waals surface area contributed by atoms with Gasteiger partial charge in [-0.3, -0.25) is 9.59 Å². The second-order valence-corrected chi connectivity index (χ2v) is 5.91. The molecule has 3 aromatic rings. The SMILES string of the molecule is COC(=O)c1cc(=O)c2c(Br)c3[nH]c(C(=O)OC)cc(=O)c3cc2[nH]1. The number of benzene rings is 1. The van der Waals surface area contributed by atoms with Gasteiger partial charge in [0.25, 0.3) is 0 Å². The van der Waals surface area contributed by atoms with E-state index in [1.54, 1.807) is 0 Å². The number of carbonyl (C=O) groups excluding carboxylic acids is 2. The summed E-state index contributed by atoms with van der Waals surface area (Å²) in [6, 6.07) is 3.64. The van der Waals surface area contributed by atoms with Crippen LogP contribution in [0.4, 0.5) is 0 Å². The number of methoxy groups -OCH3 is 2. The molecule has 0 aliphatic heterocycles. The Labute approximate surface area is 147 Å². The van der Waals surface area contributed by atoms with Crippen LogP contribution in [0.5, 0.6) is 0 Å². The van der Waals surface area contributed by atoms with Gasteiger partial charge in [-0.05, 0) is 22.0 Å². The number of nitrogens with one attached hydrogen (secondary N) is 2. The predicted octanol–water partition coefficient (Wildman–Crippen LogP) is 1.71. The van der Waals surface area contributed by atoms with Crippen LogP contribution < -0.4 is 10.9 Å². The Hall–Kier alpha value is -2.94. The molecule has 0 saturated carbocycles. The van der Waals surface area contributed by atoms with E-state index in [0.29, 0.717) is 4.47 Å². The molecule has 0 spiro atoms. The van der Waals surface area contributed by atoms with E-state index in [9.17, 15) is 19.2 Å². The molecule has 0 aliphatic carbocycles. The molecule has 8 nitrogen and oxygen atoms in total. The van der Waals surface area contributed by atoms with Gasteiger partial charge in [-0.15, -0.1) is 0 Å². The highest BCUT2D eigenvalue weighted by Gasteiger charge is 2.17. The van der Waals surface area contributed by atoms with Crippen molar-refractivity contribution in [3.63, 3.8) is 0 Å². The van der Waals surface area contributed by atoms with E-state index < -0.39 is 22.8 Å². The Kier molecular flexibility index (Phi) is 4.17. The van der Waals surface area contributed by atoms with Gasteiger partial charge in [0.15, 0.2) is 10.9 Å². The van der Waals surface area contributed by atoms with E-state index >= 15 is 0 Å². The lowest BCUT2D eigenvalue weighted by Crippen LogP contribution is -2.14. The molecule has 0 bridgehead atoms. The van der Waals surface area contributed by atoms with Gasteiger partial charge in [0, 0.05) is 17.5 Å². The summed E-state index contributed by atoms with van der Waals surface area (Å²) < 4.78 is 9.49. The highest BCUT2D eigenvalue weighted by atomic mass is 79.9. The van der Waals surface area contributed by atoms with Crippen molar-refractivity contribution in [1.82, 2.24) is 9.97 Å². The molecule has 9 heteroatoms. The van der Waals surface area contributed by atoms with Crippen LogP contribution in [0.3, 0.4) is 0 Å². The number of aromatic nitrogens is 2. The summed E-state index contributed by atoms with van der Waals surface area (Å²) >= 11 is 3.29. The van der Waals surface area contributed by atoms with E-state index in [2.05, 4.69) is 35.4 Å². The molecule has 0 unspecified atom stereocenters. The number of rotatable bonds is 2. The molecule has 0 saturated heterocycles. The summed E-state index contributed by atoms with van der Waals surface area (Å²) in [6.07, 6.45) is 0. The molecule has 0 radical (unpaired) electrons. The molecule has 1 aromatic carbocycles. The average molecular weight is 407 g/mol. The minimum atomic E-state index is -0.707. The normalized spacial score (nSPS) is 10.8. The summed E-state index contributed by atoms with van der Waals surface area (Å²) in [4.78, 5) is 53.6. The minimum absolute atomic E-state index is 0.0335. The van der Waals surface area contributed by atoms with Crippen LogP contribution in [-0.4, -0.2) is 36.1 Å². The van der Waals surface area contributed by atoms with Crippen LogP contribution in [0.1, 0.15) is 21.0 Å². The molecular formula is C16H11BrN2O6. The first kappa shape index (κ1) is 16.9. The lowest BCUT2D eigenvalue weighted by molar-refractivity contribution is 0.0585. The molecule has 2 aromatic heterocycles. The second-order valence-electron chi connectivity index (χ2n) is 5.11. The lowest BCUT2D eigenvalue weighted by atomic mass is 10.1. The molecular weight excluding hydrogens is 396 g/mol. The van der Waals surface area contributed by atoms with Gasteiger partial charge in [0.1, 0.15) is 11.4 Å². The number of carbonyl (C=O) groups is 2. The van der Waals surface area contributed by atoms with Crippen LogP contribution >= 0.6 is 15.9 Å². The summed E-state index contributed by atoms with van der Waals surface area (Å²) in [5.74, 6) is -1.41. The van der Waals surface area contributed by atoms with Crippen LogP contribution in [-0.2, 0) is 9.47 Å². The maximum Gasteiger partial charge on any atom is 0.354 e. The number of esters is 2. The van der Waals surface area contributed by atoms with Gasteiger partial charge in [0.05, 0.1) is 35.1 Å². The van der Waals surface area contributed by atoms with Crippen LogP contribution in [0.15, 0.2) is 32.3 Å². The highest BCUT2D eigenvalue weighted by Crippen LogP contribution is 2.28. The minimum Gasteiger partial charge on any atom is -0.464 e. The Balaban J connectivity index is 2.44. The van der Waals surface area contributed by atoms with Crippen molar-refractivity contribution in [2.24, 2.45) is 0 Å². The molecule has 0 fully saturated rings. The number of fused-ring (bicyclic) bond motifs is 2. The molecule has 0 aliphatic rings. The van der Waals surface area contributed by atoms with E-state index in [-0.39, 0.29) is 33.2 Å². The van der Waals surface area contributed by atoms with Gasteiger partial charge in [-0.1, -0.05) is 0 Å². The largest absolute Gasteiger partial charge is 0.464 e. The van der Waals surface area contributed by atoms with Crippen LogP contribution in [0.25, 0.3) is 21.8 Å². The van der Waals surface area contributed by atoms with Crippen molar-refractivity contribution >= 4 is 49.7 Å². The first-order valence-electron chi connectivity index (χ1n) is 6.96. The number of hydrogen-bond acceptors (Lipinski definition) is 6. The Morgan fingerprint density at radius 3 is 2.08 bits per heavy atom. The molecule has 2 N–H and O–H groups in total. The Morgan fingerprint density at radius 2 is 1.48 bits per heavy atom. The third-order valence-corrected chi connectivity index (χ3v) is 4.46. The molecule has 128 valence electrons. The fourth-order valence-electron chi connectivity index (χ4n) is 2.51. The van der Waals surface area contributed by atoms with E-state index in [0.717, 1.165) is 12.1 Å². The average Bonchev–Trinajstić information content (AvgIpc) is 2.60. The molecule has 0 amide bonds. The highest BCUT2D eigenvalue weighted by molar-refractivity contribution is 9.10. The van der Waals surface area contributed by atoms with Gasteiger partial charge in [0.2, 0.25) is 0 Å². The van der Waals surface area contributed by atoms with E-state index in [1.165, 1.54) is 20.3 Å². The summed E-state index contributed by atoms with van der Waals surface area (Å²) in [5, 5.41) is 0.447. The number of halogens is 1. The number of hydrogen-bond donors (Lipinski definition) is 2. The van der Waals surface area contributed by atoms with Crippen molar-refractivity contribution in [3.05, 3.63) is 54.5 Å². The van der Waals surface area contributed by atoms with Gasteiger partial charge in [-0.25, -0.2) is 9.59 Å². The van der Waals surface area contributed by atoms with Crippen molar-refractivity contribution < 1.29 is 19.1 Å². The van der Waals surface area contributed by atoms with Gasteiger partial charge >= 0.3 is 11.9 Å². The second kappa shape index (κ2) is 6.17. The van der Waals surface area contributed by atoms with E-state index in [1.807, 2.05) is 0 Å². The first-order valence-corrected chi connectivity index (χ1v) is 7.76. The van der Waals surface area contributed by atoms with Crippen LogP contribution in [0, 0.1) is 0 Å².